The monoisotopic (exact) mass is 452 g/mol. The molecule has 6 nitrogen and oxygen atoms in total. The second-order valence-corrected chi connectivity index (χ2v) is 9.46. The summed E-state index contributed by atoms with van der Waals surface area (Å²) in [6, 6.07) is 11.8. The van der Waals surface area contributed by atoms with Crippen LogP contribution in [0.1, 0.15) is 19.4 Å². The van der Waals surface area contributed by atoms with Gasteiger partial charge in [0.25, 0.3) is 0 Å². The van der Waals surface area contributed by atoms with E-state index in [-0.39, 0.29) is 5.56 Å². The number of thioether (sulfide) groups is 1. The Morgan fingerprint density at radius 3 is 2.66 bits per heavy atom. The second-order valence-electron chi connectivity index (χ2n) is 6.74. The summed E-state index contributed by atoms with van der Waals surface area (Å²) in [7, 11) is 0. The number of carbonyl (C=O) groups is 1. The molecule has 1 aliphatic heterocycles. The van der Waals surface area contributed by atoms with E-state index in [4.69, 9.17) is 23.8 Å². The lowest BCUT2D eigenvalue weighted by Crippen LogP contribution is -2.54. The van der Waals surface area contributed by atoms with Gasteiger partial charge in [0.1, 0.15) is 5.82 Å². The van der Waals surface area contributed by atoms with E-state index < -0.39 is 22.8 Å². The minimum Gasteiger partial charge on any atom is -0.306 e. The first-order valence-electron chi connectivity index (χ1n) is 8.54. The standard InChI is InChI=1S/C19H18ClFN4O2S2/c1-19(2)16(25(27)17(26)23-14-9-7-13(20)8-10-14)24(18(28)29-19)22-11-12-5-3-4-6-15(12)21/h3-11,16,27H,1-2H3,(H,23,26)/b22-11-/t16-/m0/s1. The van der Waals surface area contributed by atoms with Gasteiger partial charge in [-0.2, -0.15) is 10.2 Å². The average Bonchev–Trinajstić information content (AvgIpc) is 2.90. The average molecular weight is 453 g/mol. The van der Waals surface area contributed by atoms with Crippen molar-refractivity contribution >= 4 is 57.8 Å². The van der Waals surface area contributed by atoms with Crippen LogP contribution in [-0.4, -0.2) is 42.8 Å². The highest BCUT2D eigenvalue weighted by Crippen LogP contribution is 2.42. The number of halogens is 2. The number of hydroxylamine groups is 2. The molecule has 1 heterocycles. The SMILES string of the molecule is CC1(C)SC(=S)N(/N=C\c2ccccc2F)[C@H]1N(O)C(=O)Nc1ccc(Cl)cc1. The van der Waals surface area contributed by atoms with Gasteiger partial charge in [0.05, 0.1) is 11.0 Å². The molecule has 0 aliphatic carbocycles. The van der Waals surface area contributed by atoms with E-state index in [1.165, 1.54) is 29.1 Å². The minimum atomic E-state index is -0.907. The Bertz CT molecular complexity index is 955. The molecule has 0 spiro atoms. The fourth-order valence-electron chi connectivity index (χ4n) is 2.76. The molecule has 2 aromatic carbocycles. The maximum atomic E-state index is 13.9. The number of hydrogen-bond donors (Lipinski definition) is 2. The number of nitrogens with one attached hydrogen (secondary N) is 1. The Hall–Kier alpha value is -2.20. The van der Waals surface area contributed by atoms with Crippen LogP contribution in [0.3, 0.4) is 0 Å². The van der Waals surface area contributed by atoms with Gasteiger partial charge in [-0.1, -0.05) is 53.8 Å². The normalized spacial score (nSPS) is 18.3. The lowest BCUT2D eigenvalue weighted by Gasteiger charge is -2.34. The Morgan fingerprint density at radius 2 is 2.00 bits per heavy atom. The molecule has 0 unspecified atom stereocenters. The van der Waals surface area contributed by atoms with E-state index in [0.29, 0.717) is 20.1 Å². The summed E-state index contributed by atoms with van der Waals surface area (Å²) in [6.45, 7) is 3.65. The fraction of sp³-hybridized carbons (Fsp3) is 0.211. The van der Waals surface area contributed by atoms with Gasteiger partial charge >= 0.3 is 6.03 Å². The van der Waals surface area contributed by atoms with E-state index in [1.807, 2.05) is 13.8 Å². The molecule has 2 amide bonds. The number of rotatable bonds is 4. The number of amides is 2. The summed E-state index contributed by atoms with van der Waals surface area (Å²) in [5.41, 5.74) is 0.727. The summed E-state index contributed by atoms with van der Waals surface area (Å²) in [4.78, 5) is 12.6. The first-order chi connectivity index (χ1) is 13.7. The van der Waals surface area contributed by atoms with Crippen LogP contribution in [0.25, 0.3) is 0 Å². The zero-order chi connectivity index (χ0) is 21.2. The van der Waals surface area contributed by atoms with Crippen molar-refractivity contribution in [1.29, 1.82) is 0 Å². The third-order valence-corrected chi connectivity index (χ3v) is 5.94. The van der Waals surface area contributed by atoms with Gasteiger partial charge in [-0.25, -0.2) is 14.2 Å². The van der Waals surface area contributed by atoms with E-state index in [0.717, 1.165) is 0 Å². The molecule has 1 atom stereocenters. The fourth-order valence-corrected chi connectivity index (χ4v) is 4.67. The summed E-state index contributed by atoms with van der Waals surface area (Å²) < 4.78 is 13.6. The first-order valence-corrected chi connectivity index (χ1v) is 10.1. The molecule has 2 aromatic rings. The van der Waals surface area contributed by atoms with Crippen molar-refractivity contribution in [1.82, 2.24) is 10.1 Å². The van der Waals surface area contributed by atoms with Crippen molar-refractivity contribution < 1.29 is 14.4 Å². The van der Waals surface area contributed by atoms with Gasteiger partial charge in [-0.15, -0.1) is 0 Å². The molecule has 152 valence electrons. The Labute approximate surface area is 182 Å². The van der Waals surface area contributed by atoms with Crippen molar-refractivity contribution in [3.05, 3.63) is 64.9 Å². The van der Waals surface area contributed by atoms with Crippen LogP contribution in [0.15, 0.2) is 53.6 Å². The third kappa shape index (κ3) is 4.87. The van der Waals surface area contributed by atoms with Gasteiger partial charge in [0.15, 0.2) is 10.5 Å². The van der Waals surface area contributed by atoms with Gasteiger partial charge in [0, 0.05) is 16.3 Å². The number of nitrogens with zero attached hydrogens (tertiary/aromatic N) is 3. The van der Waals surface area contributed by atoms with Crippen molar-refractivity contribution in [2.45, 2.75) is 24.8 Å². The predicted octanol–water partition coefficient (Wildman–Crippen LogP) is 5.17. The van der Waals surface area contributed by atoms with E-state index in [9.17, 15) is 14.4 Å². The molecule has 10 heteroatoms. The van der Waals surface area contributed by atoms with Gasteiger partial charge < -0.3 is 5.32 Å². The smallest absolute Gasteiger partial charge is 0.306 e. The molecular formula is C19H18ClFN4O2S2. The molecule has 0 radical (unpaired) electrons. The zero-order valence-corrected chi connectivity index (χ0v) is 17.9. The lowest BCUT2D eigenvalue weighted by molar-refractivity contribution is -0.114. The molecule has 1 fully saturated rings. The minimum absolute atomic E-state index is 0.263. The summed E-state index contributed by atoms with van der Waals surface area (Å²) in [5, 5.41) is 19.9. The number of benzene rings is 2. The van der Waals surface area contributed by atoms with Gasteiger partial charge in [-0.3, -0.25) is 5.21 Å². The van der Waals surface area contributed by atoms with Crippen LogP contribution >= 0.6 is 35.6 Å². The Balaban J connectivity index is 1.83. The van der Waals surface area contributed by atoms with Crippen LogP contribution < -0.4 is 5.32 Å². The number of hydrogen-bond acceptors (Lipinski definition) is 5. The van der Waals surface area contributed by atoms with E-state index in [2.05, 4.69) is 10.4 Å². The molecule has 0 bridgehead atoms. The molecule has 1 aliphatic rings. The maximum absolute atomic E-state index is 13.9. The number of thiocarbonyl (C=S) groups is 1. The van der Waals surface area contributed by atoms with E-state index in [1.54, 1.807) is 42.5 Å². The maximum Gasteiger partial charge on any atom is 0.347 e. The Morgan fingerprint density at radius 1 is 1.34 bits per heavy atom. The van der Waals surface area contributed by atoms with Crippen molar-refractivity contribution in [3.63, 3.8) is 0 Å². The number of carbonyl (C=O) groups excluding carboxylic acids is 1. The summed E-state index contributed by atoms with van der Waals surface area (Å²) in [6.07, 6.45) is 0.400. The van der Waals surface area contributed by atoms with Crippen LogP contribution in [0, 0.1) is 5.82 Å². The second kappa shape index (κ2) is 8.66. The van der Waals surface area contributed by atoms with E-state index >= 15 is 0 Å². The molecule has 3 rings (SSSR count). The summed E-state index contributed by atoms with van der Waals surface area (Å²) >= 11 is 12.5. The molecule has 2 N–H and O–H groups in total. The van der Waals surface area contributed by atoms with Crippen LogP contribution in [0.2, 0.25) is 5.02 Å². The molecule has 1 saturated heterocycles. The molecule has 29 heavy (non-hydrogen) atoms. The van der Waals surface area contributed by atoms with Gasteiger partial charge in [-0.05, 0) is 44.2 Å². The van der Waals surface area contributed by atoms with Crippen LogP contribution in [-0.2, 0) is 0 Å². The predicted molar refractivity (Wildman–Crippen MR) is 118 cm³/mol. The third-order valence-electron chi connectivity index (χ3n) is 4.15. The number of urea groups is 1. The van der Waals surface area contributed by atoms with Crippen LogP contribution in [0.5, 0.6) is 0 Å². The van der Waals surface area contributed by atoms with Crippen molar-refractivity contribution in [2.75, 3.05) is 5.32 Å². The lowest BCUT2D eigenvalue weighted by atomic mass is 10.1. The molecular weight excluding hydrogens is 435 g/mol. The quantitative estimate of drug-likeness (QED) is 0.290. The highest BCUT2D eigenvalue weighted by molar-refractivity contribution is 8.24. The topological polar surface area (TPSA) is 68.2 Å². The Kier molecular flexibility index (Phi) is 6.42. The highest BCUT2D eigenvalue weighted by Gasteiger charge is 2.50. The molecule has 0 saturated carbocycles. The van der Waals surface area contributed by atoms with Gasteiger partial charge in [0.2, 0.25) is 0 Å². The zero-order valence-electron chi connectivity index (χ0n) is 15.5. The largest absolute Gasteiger partial charge is 0.347 e. The highest BCUT2D eigenvalue weighted by atomic mass is 35.5. The first kappa shape index (κ1) is 21.5. The van der Waals surface area contributed by atoms with Crippen molar-refractivity contribution in [3.8, 4) is 0 Å². The summed E-state index contributed by atoms with van der Waals surface area (Å²) in [5.74, 6) is -0.439. The number of anilines is 1. The van der Waals surface area contributed by atoms with Crippen LogP contribution in [0.4, 0.5) is 14.9 Å². The molecule has 0 aromatic heterocycles. The number of hydrazone groups is 1. The van der Waals surface area contributed by atoms with Crippen molar-refractivity contribution in [2.24, 2.45) is 5.10 Å².